The minimum atomic E-state index is -0.757. The molecule has 0 bridgehead atoms. The molecule has 4 rings (SSSR count). The average molecular weight is 288 g/mol. The highest BCUT2D eigenvalue weighted by Gasteiger charge is 2.39. The highest BCUT2D eigenvalue weighted by molar-refractivity contribution is 5.78. The summed E-state index contributed by atoms with van der Waals surface area (Å²) in [7, 11) is 0. The minimum Gasteiger partial charge on any atom is -0.481 e. The van der Waals surface area contributed by atoms with Crippen molar-refractivity contribution in [2.45, 2.75) is 44.1 Å². The number of nitrogens with zero attached hydrogens (tertiary/aromatic N) is 2. The Hall–Kier alpha value is -1.91. The van der Waals surface area contributed by atoms with Crippen LogP contribution in [-0.2, 0) is 4.79 Å². The van der Waals surface area contributed by atoms with Crippen LogP contribution in [0, 0.1) is 11.7 Å². The van der Waals surface area contributed by atoms with Crippen LogP contribution in [0.4, 0.5) is 4.39 Å². The summed E-state index contributed by atoms with van der Waals surface area (Å²) in [6.07, 6.45) is 4.56. The summed E-state index contributed by atoms with van der Waals surface area (Å²) >= 11 is 0. The van der Waals surface area contributed by atoms with E-state index in [4.69, 9.17) is 0 Å². The first-order valence-corrected chi connectivity index (χ1v) is 7.56. The monoisotopic (exact) mass is 288 g/mol. The van der Waals surface area contributed by atoms with Crippen molar-refractivity contribution in [3.8, 4) is 0 Å². The normalized spacial score (nSPS) is 25.6. The molecule has 2 aliphatic carbocycles. The first-order chi connectivity index (χ1) is 10.2. The van der Waals surface area contributed by atoms with Gasteiger partial charge in [0.1, 0.15) is 11.3 Å². The van der Waals surface area contributed by atoms with Crippen molar-refractivity contribution in [1.82, 2.24) is 9.55 Å². The molecule has 2 unspecified atom stereocenters. The molecule has 0 saturated heterocycles. The van der Waals surface area contributed by atoms with E-state index in [1.54, 1.807) is 6.07 Å². The highest BCUT2D eigenvalue weighted by atomic mass is 19.1. The number of halogens is 1. The summed E-state index contributed by atoms with van der Waals surface area (Å²) in [4.78, 5) is 16.0. The van der Waals surface area contributed by atoms with Gasteiger partial charge >= 0.3 is 5.97 Å². The van der Waals surface area contributed by atoms with Crippen LogP contribution in [0.5, 0.6) is 0 Å². The third-order valence-corrected chi connectivity index (χ3v) is 4.78. The van der Waals surface area contributed by atoms with Crippen LogP contribution in [0.2, 0.25) is 0 Å². The molecule has 1 aromatic heterocycles. The van der Waals surface area contributed by atoms with Crippen LogP contribution in [0.25, 0.3) is 11.0 Å². The molecule has 2 fully saturated rings. The summed E-state index contributed by atoms with van der Waals surface area (Å²) in [5.74, 6) is -0.773. The number of aromatic nitrogens is 2. The van der Waals surface area contributed by atoms with E-state index in [9.17, 15) is 14.3 Å². The number of aliphatic carboxylic acids is 1. The first kappa shape index (κ1) is 12.8. The number of benzene rings is 1. The van der Waals surface area contributed by atoms with Gasteiger partial charge in [-0.3, -0.25) is 4.79 Å². The molecule has 1 N–H and O–H groups in total. The maximum absolute atomic E-state index is 14.0. The zero-order chi connectivity index (χ0) is 14.6. The molecule has 0 radical (unpaired) electrons. The van der Waals surface area contributed by atoms with Gasteiger partial charge in [-0.1, -0.05) is 12.5 Å². The molecule has 1 heterocycles. The topological polar surface area (TPSA) is 55.1 Å². The SMILES string of the molecule is O=C(O)C1CCCC1c1nc2c(F)cccc2n1C1CC1. The molecule has 2 aromatic rings. The molecule has 2 saturated carbocycles. The van der Waals surface area contributed by atoms with Gasteiger partial charge < -0.3 is 9.67 Å². The van der Waals surface area contributed by atoms with Gasteiger partial charge in [0.2, 0.25) is 0 Å². The van der Waals surface area contributed by atoms with E-state index < -0.39 is 5.97 Å². The zero-order valence-electron chi connectivity index (χ0n) is 11.6. The lowest BCUT2D eigenvalue weighted by Crippen LogP contribution is -2.20. The Labute approximate surface area is 121 Å². The lowest BCUT2D eigenvalue weighted by molar-refractivity contribution is -0.142. The second kappa shape index (κ2) is 4.55. The number of hydrogen-bond acceptors (Lipinski definition) is 2. The van der Waals surface area contributed by atoms with Crippen molar-refractivity contribution in [1.29, 1.82) is 0 Å². The minimum absolute atomic E-state index is 0.0881. The Morgan fingerprint density at radius 3 is 2.81 bits per heavy atom. The Morgan fingerprint density at radius 1 is 1.29 bits per heavy atom. The molecular formula is C16H17FN2O2. The number of para-hydroxylation sites is 1. The van der Waals surface area contributed by atoms with E-state index in [-0.39, 0.29) is 17.7 Å². The molecule has 5 heteroatoms. The van der Waals surface area contributed by atoms with Crippen molar-refractivity contribution in [2.75, 3.05) is 0 Å². The maximum Gasteiger partial charge on any atom is 0.307 e. The van der Waals surface area contributed by atoms with E-state index in [2.05, 4.69) is 9.55 Å². The van der Waals surface area contributed by atoms with Crippen molar-refractivity contribution in [2.24, 2.45) is 5.92 Å². The Balaban J connectivity index is 1.90. The summed E-state index contributed by atoms with van der Waals surface area (Å²) < 4.78 is 16.1. The lowest BCUT2D eigenvalue weighted by Gasteiger charge is -2.17. The molecule has 0 aliphatic heterocycles. The van der Waals surface area contributed by atoms with Gasteiger partial charge in [-0.25, -0.2) is 9.37 Å². The van der Waals surface area contributed by atoms with Crippen molar-refractivity contribution >= 4 is 17.0 Å². The van der Waals surface area contributed by atoms with Gasteiger partial charge in [0.25, 0.3) is 0 Å². The van der Waals surface area contributed by atoms with Crippen LogP contribution >= 0.6 is 0 Å². The molecule has 110 valence electrons. The summed E-state index contributed by atoms with van der Waals surface area (Å²) in [5.41, 5.74) is 1.19. The second-order valence-electron chi connectivity index (χ2n) is 6.16. The van der Waals surface area contributed by atoms with E-state index in [0.29, 0.717) is 18.0 Å². The van der Waals surface area contributed by atoms with Crippen LogP contribution in [0.3, 0.4) is 0 Å². The quantitative estimate of drug-likeness (QED) is 0.940. The number of carboxylic acid groups (broad SMARTS) is 1. The van der Waals surface area contributed by atoms with Gasteiger partial charge in [0.15, 0.2) is 5.82 Å². The largest absolute Gasteiger partial charge is 0.481 e. The first-order valence-electron chi connectivity index (χ1n) is 7.56. The fourth-order valence-corrected chi connectivity index (χ4v) is 3.64. The average Bonchev–Trinajstić information content (AvgIpc) is 3.03. The van der Waals surface area contributed by atoms with Crippen molar-refractivity contribution in [3.63, 3.8) is 0 Å². The van der Waals surface area contributed by atoms with Crippen molar-refractivity contribution < 1.29 is 14.3 Å². The van der Waals surface area contributed by atoms with Crippen LogP contribution < -0.4 is 0 Å². The Morgan fingerprint density at radius 2 is 2.10 bits per heavy atom. The summed E-state index contributed by atoms with van der Waals surface area (Å²) in [6, 6.07) is 5.37. The molecule has 0 amide bonds. The third kappa shape index (κ3) is 1.94. The fraction of sp³-hybridized carbons (Fsp3) is 0.500. The highest BCUT2D eigenvalue weighted by Crippen LogP contribution is 2.45. The molecule has 1 aromatic carbocycles. The predicted octanol–water partition coefficient (Wildman–Crippen LogP) is 3.48. The molecular weight excluding hydrogens is 271 g/mol. The number of imidazole rings is 1. The van der Waals surface area contributed by atoms with E-state index in [1.807, 2.05) is 6.07 Å². The van der Waals surface area contributed by atoms with Gasteiger partial charge in [-0.2, -0.15) is 0 Å². The number of hydrogen-bond donors (Lipinski definition) is 1. The van der Waals surface area contributed by atoms with Gasteiger partial charge in [0.05, 0.1) is 11.4 Å². The van der Waals surface area contributed by atoms with Crippen LogP contribution in [0.1, 0.15) is 49.9 Å². The predicted molar refractivity (Wildman–Crippen MR) is 75.7 cm³/mol. The van der Waals surface area contributed by atoms with E-state index in [1.165, 1.54) is 6.07 Å². The fourth-order valence-electron chi connectivity index (χ4n) is 3.64. The van der Waals surface area contributed by atoms with Crippen molar-refractivity contribution in [3.05, 3.63) is 29.8 Å². The number of carbonyl (C=O) groups is 1. The molecule has 2 atom stereocenters. The molecule has 4 nitrogen and oxygen atoms in total. The standard InChI is InChI=1S/C16H17FN2O2/c17-12-5-2-6-13-14(12)18-15(19(13)9-7-8-9)10-3-1-4-11(10)16(20)21/h2,5-6,9-11H,1,3-4,7-8H2,(H,20,21). The smallest absolute Gasteiger partial charge is 0.307 e. The Bertz CT molecular complexity index is 720. The Kier molecular flexibility index (Phi) is 2.77. The van der Waals surface area contributed by atoms with Gasteiger partial charge in [0, 0.05) is 12.0 Å². The molecule has 2 aliphatic rings. The lowest BCUT2D eigenvalue weighted by atomic mass is 9.95. The zero-order valence-corrected chi connectivity index (χ0v) is 11.6. The maximum atomic E-state index is 14.0. The molecule has 0 spiro atoms. The van der Waals surface area contributed by atoms with Gasteiger partial charge in [-0.15, -0.1) is 0 Å². The number of carboxylic acids is 1. The second-order valence-corrected chi connectivity index (χ2v) is 6.16. The van der Waals surface area contributed by atoms with E-state index in [0.717, 1.165) is 37.0 Å². The third-order valence-electron chi connectivity index (χ3n) is 4.78. The summed E-state index contributed by atoms with van der Waals surface area (Å²) in [5, 5.41) is 9.41. The van der Waals surface area contributed by atoms with E-state index >= 15 is 0 Å². The van der Waals surface area contributed by atoms with Gasteiger partial charge in [-0.05, 0) is 37.8 Å². The van der Waals surface area contributed by atoms with Crippen LogP contribution in [-0.4, -0.2) is 20.6 Å². The van der Waals surface area contributed by atoms with Crippen LogP contribution in [0.15, 0.2) is 18.2 Å². The number of rotatable bonds is 3. The number of fused-ring (bicyclic) bond motifs is 1. The molecule has 21 heavy (non-hydrogen) atoms. The summed E-state index contributed by atoms with van der Waals surface area (Å²) in [6.45, 7) is 0.